The molecule has 1 aromatic carbocycles. The summed E-state index contributed by atoms with van der Waals surface area (Å²) in [6.45, 7) is 2.44. The molecule has 0 unspecified atom stereocenters. The van der Waals surface area contributed by atoms with Gasteiger partial charge in [-0.2, -0.15) is 4.98 Å². The number of aromatic nitrogens is 4. The molecule has 3 aliphatic rings. The molecule has 8 nitrogen and oxygen atoms in total. The Bertz CT molecular complexity index is 1150. The summed E-state index contributed by atoms with van der Waals surface area (Å²) in [5, 5.41) is 23.9. The fourth-order valence-corrected chi connectivity index (χ4v) is 5.41. The van der Waals surface area contributed by atoms with Crippen molar-refractivity contribution in [3.8, 4) is 0 Å². The molecule has 170 valence electrons. The lowest BCUT2D eigenvalue weighted by molar-refractivity contribution is -0.0677. The maximum absolute atomic E-state index is 12.9. The van der Waals surface area contributed by atoms with Crippen molar-refractivity contribution in [1.82, 2.24) is 19.5 Å². The second-order valence-electron chi connectivity index (χ2n) is 9.47. The lowest BCUT2D eigenvalue weighted by Gasteiger charge is -2.49. The third kappa shape index (κ3) is 3.51. The van der Waals surface area contributed by atoms with Gasteiger partial charge in [-0.15, -0.1) is 0 Å². The van der Waals surface area contributed by atoms with Crippen LogP contribution in [0.3, 0.4) is 0 Å². The standard InChI is InChI=1S/C24H31N5O3/c1-2-14-29-20-18(26-21(28-20)23-8-11-24(32,12-9-23)13-10-23)19(27-22(29)31)25-17(15-30)16-6-4-3-5-7-16/h3-7,17,30,32H,2,8-15H2,1H3,(H,26,28)(H,25,27,31)/t17-,23?,24?/m0/s1. The second-order valence-corrected chi connectivity index (χ2v) is 9.47. The summed E-state index contributed by atoms with van der Waals surface area (Å²) in [5.74, 6) is 1.30. The number of aryl methyl sites for hydroxylation is 1. The number of aliphatic hydroxyl groups excluding tert-OH is 1. The number of fused-ring (bicyclic) bond motifs is 4. The van der Waals surface area contributed by atoms with Crippen LogP contribution in [0.1, 0.15) is 69.3 Å². The van der Waals surface area contributed by atoms with E-state index in [2.05, 4.69) is 15.3 Å². The predicted molar refractivity (Wildman–Crippen MR) is 123 cm³/mol. The van der Waals surface area contributed by atoms with Gasteiger partial charge in [-0.1, -0.05) is 37.3 Å². The van der Waals surface area contributed by atoms with Crippen molar-refractivity contribution < 1.29 is 10.2 Å². The highest BCUT2D eigenvalue weighted by Gasteiger charge is 2.50. The summed E-state index contributed by atoms with van der Waals surface area (Å²) in [4.78, 5) is 25.7. The van der Waals surface area contributed by atoms with Gasteiger partial charge < -0.3 is 20.5 Å². The van der Waals surface area contributed by atoms with Crippen LogP contribution in [0.15, 0.2) is 35.1 Å². The highest BCUT2D eigenvalue weighted by molar-refractivity contribution is 5.83. The molecule has 2 heterocycles. The Balaban J connectivity index is 1.59. The first-order chi connectivity index (χ1) is 15.5. The number of nitrogens with zero attached hydrogens (tertiary/aromatic N) is 3. The Morgan fingerprint density at radius 3 is 2.44 bits per heavy atom. The van der Waals surface area contributed by atoms with Gasteiger partial charge in [-0.05, 0) is 50.5 Å². The van der Waals surface area contributed by atoms with Crippen LogP contribution in [0.4, 0.5) is 5.82 Å². The fourth-order valence-electron chi connectivity index (χ4n) is 5.41. The number of imidazole rings is 1. The van der Waals surface area contributed by atoms with E-state index in [9.17, 15) is 15.0 Å². The molecule has 32 heavy (non-hydrogen) atoms. The summed E-state index contributed by atoms with van der Waals surface area (Å²) in [7, 11) is 0. The third-order valence-corrected chi connectivity index (χ3v) is 7.47. The van der Waals surface area contributed by atoms with Gasteiger partial charge in [-0.25, -0.2) is 9.78 Å². The summed E-state index contributed by atoms with van der Waals surface area (Å²) in [6.07, 6.45) is 5.83. The van der Waals surface area contributed by atoms with E-state index in [0.717, 1.165) is 56.3 Å². The number of benzene rings is 1. The Morgan fingerprint density at radius 2 is 1.81 bits per heavy atom. The van der Waals surface area contributed by atoms with Crippen LogP contribution >= 0.6 is 0 Å². The van der Waals surface area contributed by atoms with Crippen LogP contribution in [0, 0.1) is 0 Å². The molecule has 0 aliphatic heterocycles. The van der Waals surface area contributed by atoms with Crippen molar-refractivity contribution in [2.24, 2.45) is 0 Å². The number of anilines is 1. The monoisotopic (exact) mass is 437 g/mol. The first kappa shape index (κ1) is 21.2. The highest BCUT2D eigenvalue weighted by Crippen LogP contribution is 2.53. The Morgan fingerprint density at radius 1 is 1.12 bits per heavy atom. The summed E-state index contributed by atoms with van der Waals surface area (Å²) >= 11 is 0. The molecule has 2 aromatic heterocycles. The van der Waals surface area contributed by atoms with Crippen molar-refractivity contribution >= 4 is 17.0 Å². The van der Waals surface area contributed by atoms with Gasteiger partial charge in [0.25, 0.3) is 0 Å². The van der Waals surface area contributed by atoms with E-state index in [0.29, 0.717) is 23.5 Å². The van der Waals surface area contributed by atoms with Crippen LogP contribution in [-0.4, -0.2) is 41.9 Å². The number of aliphatic hydroxyl groups is 2. The number of rotatable bonds is 7. The van der Waals surface area contributed by atoms with Crippen LogP contribution < -0.4 is 11.0 Å². The van der Waals surface area contributed by atoms with E-state index in [4.69, 9.17) is 4.98 Å². The zero-order chi connectivity index (χ0) is 22.3. The molecular formula is C24H31N5O3. The largest absolute Gasteiger partial charge is 0.394 e. The molecule has 3 fully saturated rings. The molecule has 4 N–H and O–H groups in total. The molecule has 0 radical (unpaired) electrons. The normalized spacial score (nSPS) is 25.8. The molecular weight excluding hydrogens is 406 g/mol. The molecule has 3 aliphatic carbocycles. The lowest BCUT2D eigenvalue weighted by Crippen LogP contribution is -2.48. The predicted octanol–water partition coefficient (Wildman–Crippen LogP) is 3.01. The minimum absolute atomic E-state index is 0.0936. The van der Waals surface area contributed by atoms with E-state index >= 15 is 0 Å². The second kappa shape index (κ2) is 8.01. The summed E-state index contributed by atoms with van der Waals surface area (Å²) in [6, 6.07) is 9.25. The van der Waals surface area contributed by atoms with Crippen LogP contribution in [0.5, 0.6) is 0 Å². The maximum atomic E-state index is 12.9. The van der Waals surface area contributed by atoms with Gasteiger partial charge in [0.1, 0.15) is 11.3 Å². The maximum Gasteiger partial charge on any atom is 0.351 e. The first-order valence-corrected chi connectivity index (χ1v) is 11.6. The average Bonchev–Trinajstić information content (AvgIpc) is 3.27. The van der Waals surface area contributed by atoms with Gasteiger partial charge in [0.2, 0.25) is 0 Å². The molecule has 3 saturated carbocycles. The molecule has 8 heteroatoms. The molecule has 1 atom stereocenters. The van der Waals surface area contributed by atoms with Gasteiger partial charge in [-0.3, -0.25) is 4.57 Å². The van der Waals surface area contributed by atoms with Crippen LogP contribution in [-0.2, 0) is 12.0 Å². The summed E-state index contributed by atoms with van der Waals surface area (Å²) in [5.41, 5.74) is 1.27. The molecule has 2 bridgehead atoms. The SMILES string of the molecule is CCCn1c(=O)nc(N[C@@H](CO)c2ccccc2)c2[nH]c(C34CCC(O)(CC3)CC4)nc21. The van der Waals surface area contributed by atoms with E-state index in [1.165, 1.54) is 0 Å². The zero-order valence-corrected chi connectivity index (χ0v) is 18.5. The summed E-state index contributed by atoms with van der Waals surface area (Å²) < 4.78 is 1.63. The zero-order valence-electron chi connectivity index (χ0n) is 18.5. The fraction of sp³-hybridized carbons (Fsp3) is 0.542. The van der Waals surface area contributed by atoms with E-state index in [1.807, 2.05) is 37.3 Å². The van der Waals surface area contributed by atoms with E-state index < -0.39 is 11.6 Å². The number of nitrogens with one attached hydrogen (secondary N) is 2. The number of hydrogen-bond acceptors (Lipinski definition) is 6. The minimum atomic E-state index is -0.517. The lowest BCUT2D eigenvalue weighted by atomic mass is 9.58. The smallest absolute Gasteiger partial charge is 0.351 e. The van der Waals surface area contributed by atoms with E-state index in [-0.39, 0.29) is 17.7 Å². The number of aromatic amines is 1. The third-order valence-electron chi connectivity index (χ3n) is 7.47. The van der Waals surface area contributed by atoms with Crippen molar-refractivity contribution in [3.63, 3.8) is 0 Å². The first-order valence-electron chi connectivity index (χ1n) is 11.6. The van der Waals surface area contributed by atoms with Gasteiger partial charge in [0, 0.05) is 12.0 Å². The van der Waals surface area contributed by atoms with Crippen LogP contribution in [0.2, 0.25) is 0 Å². The molecule has 0 saturated heterocycles. The topological polar surface area (TPSA) is 116 Å². The molecule has 0 amide bonds. The molecule has 0 spiro atoms. The molecule has 6 rings (SSSR count). The molecule has 3 aromatic rings. The Hall–Kier alpha value is -2.71. The Kier molecular flexibility index (Phi) is 5.29. The minimum Gasteiger partial charge on any atom is -0.394 e. The van der Waals surface area contributed by atoms with Crippen molar-refractivity contribution in [1.29, 1.82) is 0 Å². The van der Waals surface area contributed by atoms with Crippen molar-refractivity contribution in [2.75, 3.05) is 11.9 Å². The van der Waals surface area contributed by atoms with E-state index in [1.54, 1.807) is 4.57 Å². The Labute approximate surface area is 186 Å². The van der Waals surface area contributed by atoms with Gasteiger partial charge >= 0.3 is 5.69 Å². The van der Waals surface area contributed by atoms with Crippen molar-refractivity contribution in [2.45, 2.75) is 75.5 Å². The highest BCUT2D eigenvalue weighted by atomic mass is 16.3. The quantitative estimate of drug-likeness (QED) is 0.452. The van der Waals surface area contributed by atoms with Crippen molar-refractivity contribution in [3.05, 3.63) is 52.2 Å². The van der Waals surface area contributed by atoms with Crippen LogP contribution in [0.25, 0.3) is 11.2 Å². The number of H-pyrrole nitrogens is 1. The average molecular weight is 438 g/mol. The van der Waals surface area contributed by atoms with Gasteiger partial charge in [0.15, 0.2) is 11.5 Å². The van der Waals surface area contributed by atoms with Gasteiger partial charge in [0.05, 0.1) is 18.2 Å². The number of hydrogen-bond donors (Lipinski definition) is 4.